The highest BCUT2D eigenvalue weighted by Crippen LogP contribution is 2.32. The first-order valence-corrected chi connectivity index (χ1v) is 8.48. The highest BCUT2D eigenvalue weighted by molar-refractivity contribution is 9.10. The van der Waals surface area contributed by atoms with Crippen LogP contribution in [-0.4, -0.2) is 20.2 Å². The molecule has 0 radical (unpaired) electrons. The molecule has 2 heterocycles. The average molecular weight is 378 g/mol. The molecule has 114 valence electrons. The second-order valence-electron chi connectivity index (χ2n) is 5.07. The number of nitrogens with zero attached hydrogens (tertiary/aromatic N) is 4. The van der Waals surface area contributed by atoms with E-state index in [1.165, 1.54) is 19.8 Å². The number of aromatic nitrogens is 4. The summed E-state index contributed by atoms with van der Waals surface area (Å²) in [6.45, 7) is 5.07. The van der Waals surface area contributed by atoms with Crippen molar-refractivity contribution in [2.45, 2.75) is 20.4 Å². The summed E-state index contributed by atoms with van der Waals surface area (Å²) in [5.41, 5.74) is 3.36. The van der Waals surface area contributed by atoms with E-state index in [1.54, 1.807) is 4.68 Å². The Kier molecular flexibility index (Phi) is 4.26. The Bertz CT molecular complexity index is 808. The lowest BCUT2D eigenvalue weighted by molar-refractivity contribution is 0.714. The molecular formula is C15H16BrN5S. The van der Waals surface area contributed by atoms with E-state index in [4.69, 9.17) is 0 Å². The van der Waals surface area contributed by atoms with Gasteiger partial charge in [-0.15, -0.1) is 16.4 Å². The third kappa shape index (κ3) is 2.91. The molecule has 0 spiro atoms. The summed E-state index contributed by atoms with van der Waals surface area (Å²) in [4.78, 5) is 2.65. The van der Waals surface area contributed by atoms with E-state index in [2.05, 4.69) is 62.8 Å². The molecule has 7 heteroatoms. The fraction of sp³-hybridized carbons (Fsp3) is 0.267. The number of nitrogens with one attached hydrogen (secondary N) is 1. The van der Waals surface area contributed by atoms with Crippen LogP contribution < -0.4 is 5.32 Å². The Balaban J connectivity index is 1.80. The summed E-state index contributed by atoms with van der Waals surface area (Å²) < 4.78 is 2.87. The monoisotopic (exact) mass is 377 g/mol. The van der Waals surface area contributed by atoms with Crippen LogP contribution in [0.2, 0.25) is 0 Å². The van der Waals surface area contributed by atoms with Crippen LogP contribution in [0.4, 0.5) is 5.69 Å². The molecule has 2 aromatic heterocycles. The average Bonchev–Trinajstić information content (AvgIpc) is 3.02. The van der Waals surface area contributed by atoms with Gasteiger partial charge in [-0.2, -0.15) is 0 Å². The van der Waals surface area contributed by atoms with Crippen molar-refractivity contribution < 1.29 is 0 Å². The van der Waals surface area contributed by atoms with Gasteiger partial charge < -0.3 is 5.32 Å². The van der Waals surface area contributed by atoms with Crippen LogP contribution in [0.5, 0.6) is 0 Å². The molecule has 1 N–H and O–H groups in total. The molecule has 1 aromatic carbocycles. The van der Waals surface area contributed by atoms with Crippen LogP contribution in [0.15, 0.2) is 28.7 Å². The van der Waals surface area contributed by atoms with Gasteiger partial charge in [-0.3, -0.25) is 0 Å². The van der Waals surface area contributed by atoms with Gasteiger partial charge in [-0.25, -0.2) is 4.68 Å². The number of tetrazole rings is 1. The number of aryl methyl sites for hydroxylation is 3. The van der Waals surface area contributed by atoms with Crippen molar-refractivity contribution in [2.24, 2.45) is 7.05 Å². The van der Waals surface area contributed by atoms with Gasteiger partial charge in [0, 0.05) is 39.1 Å². The third-order valence-corrected chi connectivity index (χ3v) is 5.91. The maximum atomic E-state index is 4.05. The molecule has 0 atom stereocenters. The molecule has 0 aliphatic rings. The lowest BCUT2D eigenvalue weighted by Gasteiger charge is -2.08. The first-order chi connectivity index (χ1) is 10.6. The van der Waals surface area contributed by atoms with Crippen LogP contribution >= 0.6 is 27.3 Å². The van der Waals surface area contributed by atoms with Crippen molar-refractivity contribution in [2.75, 3.05) is 5.32 Å². The van der Waals surface area contributed by atoms with Crippen molar-refractivity contribution in [1.82, 2.24) is 20.2 Å². The molecule has 0 aliphatic heterocycles. The first-order valence-electron chi connectivity index (χ1n) is 6.87. The van der Waals surface area contributed by atoms with E-state index in [0.717, 1.165) is 23.6 Å². The zero-order valence-electron chi connectivity index (χ0n) is 12.6. The fourth-order valence-electron chi connectivity index (χ4n) is 2.34. The van der Waals surface area contributed by atoms with Crippen molar-refractivity contribution >= 4 is 33.0 Å². The summed E-state index contributed by atoms with van der Waals surface area (Å²) in [5.74, 6) is 0.757. The Labute approximate surface area is 141 Å². The van der Waals surface area contributed by atoms with Crippen molar-refractivity contribution in [3.8, 4) is 11.4 Å². The van der Waals surface area contributed by atoms with E-state index in [0.29, 0.717) is 0 Å². The second kappa shape index (κ2) is 6.18. The van der Waals surface area contributed by atoms with Gasteiger partial charge in [-0.05, 0) is 57.9 Å². The highest BCUT2D eigenvalue weighted by atomic mass is 79.9. The van der Waals surface area contributed by atoms with Gasteiger partial charge in [0.1, 0.15) is 0 Å². The van der Waals surface area contributed by atoms with E-state index in [-0.39, 0.29) is 0 Å². The highest BCUT2D eigenvalue weighted by Gasteiger charge is 2.11. The van der Waals surface area contributed by atoms with Gasteiger partial charge in [0.2, 0.25) is 0 Å². The van der Waals surface area contributed by atoms with Crippen LogP contribution in [-0.2, 0) is 13.6 Å². The van der Waals surface area contributed by atoms with E-state index >= 15 is 0 Å². The topological polar surface area (TPSA) is 55.6 Å². The van der Waals surface area contributed by atoms with Crippen molar-refractivity contribution in [3.63, 3.8) is 0 Å². The third-order valence-electron chi connectivity index (χ3n) is 3.52. The van der Waals surface area contributed by atoms with Crippen molar-refractivity contribution in [3.05, 3.63) is 44.1 Å². The lowest BCUT2D eigenvalue weighted by atomic mass is 10.2. The summed E-state index contributed by atoms with van der Waals surface area (Å²) in [5, 5.41) is 15.1. The van der Waals surface area contributed by atoms with E-state index in [9.17, 15) is 0 Å². The Hall–Kier alpha value is -1.73. The van der Waals surface area contributed by atoms with E-state index < -0.39 is 0 Å². The van der Waals surface area contributed by atoms with Gasteiger partial charge >= 0.3 is 0 Å². The molecule has 0 aliphatic carbocycles. The molecule has 0 bridgehead atoms. The molecule has 0 saturated heterocycles. The zero-order chi connectivity index (χ0) is 15.7. The maximum Gasteiger partial charge on any atom is 0.181 e. The standard InChI is InChI=1S/C15H16BrN5S/c1-9-13(14(16)10(2)22-9)8-17-12-6-4-5-11(7-12)15-18-19-20-21(15)3/h4-7,17H,8H2,1-3H3. The quantitative estimate of drug-likeness (QED) is 0.748. The molecular weight excluding hydrogens is 362 g/mol. The Morgan fingerprint density at radius 1 is 1.27 bits per heavy atom. The van der Waals surface area contributed by atoms with Gasteiger partial charge in [0.15, 0.2) is 5.82 Å². The summed E-state index contributed by atoms with van der Waals surface area (Å²) in [6, 6.07) is 8.13. The predicted molar refractivity (Wildman–Crippen MR) is 93.1 cm³/mol. The van der Waals surface area contributed by atoms with E-state index in [1.807, 2.05) is 30.5 Å². The second-order valence-corrected chi connectivity index (χ2v) is 7.29. The zero-order valence-corrected chi connectivity index (χ0v) is 15.0. The predicted octanol–water partition coefficient (Wildman–Crippen LogP) is 3.93. The number of halogens is 1. The number of thiophene rings is 1. The largest absolute Gasteiger partial charge is 0.381 e. The molecule has 0 unspecified atom stereocenters. The molecule has 0 saturated carbocycles. The minimum atomic E-state index is 0.757. The van der Waals surface area contributed by atoms with Gasteiger partial charge in [0.25, 0.3) is 0 Å². The van der Waals surface area contributed by atoms with Crippen LogP contribution in [0, 0.1) is 13.8 Å². The Morgan fingerprint density at radius 2 is 2.09 bits per heavy atom. The Morgan fingerprint density at radius 3 is 2.73 bits per heavy atom. The molecule has 22 heavy (non-hydrogen) atoms. The maximum absolute atomic E-state index is 4.05. The number of anilines is 1. The minimum Gasteiger partial charge on any atom is -0.381 e. The lowest BCUT2D eigenvalue weighted by Crippen LogP contribution is -2.01. The molecule has 0 amide bonds. The summed E-state index contributed by atoms with van der Waals surface area (Å²) >= 11 is 5.49. The van der Waals surface area contributed by atoms with Gasteiger partial charge in [-0.1, -0.05) is 12.1 Å². The fourth-order valence-corrected chi connectivity index (χ4v) is 4.12. The van der Waals surface area contributed by atoms with Gasteiger partial charge in [0.05, 0.1) is 0 Å². The number of hydrogen-bond donors (Lipinski definition) is 1. The smallest absolute Gasteiger partial charge is 0.181 e. The SMILES string of the molecule is Cc1sc(C)c(CNc2cccc(-c3nnnn3C)c2)c1Br. The number of hydrogen-bond acceptors (Lipinski definition) is 5. The molecule has 3 aromatic rings. The minimum absolute atomic E-state index is 0.757. The molecule has 5 nitrogen and oxygen atoms in total. The summed E-state index contributed by atoms with van der Waals surface area (Å²) in [7, 11) is 1.84. The number of benzene rings is 1. The first kappa shape index (κ1) is 15.2. The van der Waals surface area contributed by atoms with Crippen molar-refractivity contribution in [1.29, 1.82) is 0 Å². The normalized spacial score (nSPS) is 10.9. The van der Waals surface area contributed by atoms with Crippen LogP contribution in [0.25, 0.3) is 11.4 Å². The van der Waals surface area contributed by atoms with Crippen LogP contribution in [0.3, 0.4) is 0 Å². The summed E-state index contributed by atoms with van der Waals surface area (Å²) in [6.07, 6.45) is 0. The molecule has 3 rings (SSSR count). The number of rotatable bonds is 4. The van der Waals surface area contributed by atoms with Crippen LogP contribution in [0.1, 0.15) is 15.3 Å². The molecule has 0 fully saturated rings.